The summed E-state index contributed by atoms with van der Waals surface area (Å²) < 4.78 is 5.18. The first-order valence-corrected chi connectivity index (χ1v) is 20.3. The molecule has 9 aromatic carbocycles. The summed E-state index contributed by atoms with van der Waals surface area (Å²) in [6.45, 7) is 0. The van der Waals surface area contributed by atoms with Crippen LogP contribution in [0.1, 0.15) is 0 Å². The topological polar surface area (TPSA) is 3.24 Å². The van der Waals surface area contributed by atoms with Gasteiger partial charge in [0.25, 0.3) is 0 Å². The third-order valence-electron chi connectivity index (χ3n) is 10.9. The Balaban J connectivity index is 1.24. The molecule has 1 nitrogen and oxygen atoms in total. The summed E-state index contributed by atoms with van der Waals surface area (Å²) in [4.78, 5) is 2.54. The molecule has 3 heteroatoms. The summed E-state index contributed by atoms with van der Waals surface area (Å²) in [6.07, 6.45) is 0. The fraction of sp³-hybridized carbons (Fsp3) is 0. The fourth-order valence-corrected chi connectivity index (χ4v) is 10.9. The van der Waals surface area contributed by atoms with E-state index in [9.17, 15) is 0 Å². The lowest BCUT2D eigenvalue weighted by Crippen LogP contribution is -2.12. The maximum Gasteiger partial charge on any atom is 0.0640 e. The molecule has 2 aromatic heterocycles. The van der Waals surface area contributed by atoms with Gasteiger partial charge in [0.15, 0.2) is 0 Å². The van der Waals surface area contributed by atoms with Crippen molar-refractivity contribution < 1.29 is 0 Å². The van der Waals surface area contributed by atoms with E-state index in [2.05, 4.69) is 205 Å². The SMILES string of the molecule is c1ccc(-c2cccc3cccc(-c4ccccc4N(c4ccccc4-c4cccc5sc6ccccc6c45)c4cccc5c4sc4ccccc45)c23)cc1. The van der Waals surface area contributed by atoms with Crippen LogP contribution in [0.15, 0.2) is 200 Å². The van der Waals surface area contributed by atoms with Gasteiger partial charge in [-0.3, -0.25) is 0 Å². The summed E-state index contributed by atoms with van der Waals surface area (Å²) in [5.41, 5.74) is 10.7. The van der Waals surface area contributed by atoms with E-state index in [-0.39, 0.29) is 0 Å². The molecular formula is C52H33NS2. The summed E-state index contributed by atoms with van der Waals surface area (Å²) in [7, 11) is 0. The van der Waals surface area contributed by atoms with Crippen LogP contribution in [0.5, 0.6) is 0 Å². The Bertz CT molecular complexity index is 3220. The average Bonchev–Trinajstić information content (AvgIpc) is 3.83. The Morgan fingerprint density at radius 1 is 0.291 bits per heavy atom. The van der Waals surface area contributed by atoms with E-state index in [4.69, 9.17) is 0 Å². The highest BCUT2D eigenvalue weighted by Gasteiger charge is 2.25. The minimum absolute atomic E-state index is 1.14. The Morgan fingerprint density at radius 3 is 1.53 bits per heavy atom. The van der Waals surface area contributed by atoms with Crippen LogP contribution < -0.4 is 4.90 Å². The molecule has 11 aromatic rings. The zero-order valence-electron chi connectivity index (χ0n) is 29.8. The Labute approximate surface area is 327 Å². The number of thiophene rings is 2. The zero-order valence-corrected chi connectivity index (χ0v) is 31.4. The Morgan fingerprint density at radius 2 is 0.782 bits per heavy atom. The number of hydrogen-bond acceptors (Lipinski definition) is 3. The minimum atomic E-state index is 1.14. The molecule has 0 N–H and O–H groups in total. The number of nitrogens with zero attached hydrogens (tertiary/aromatic N) is 1. The molecule has 0 fully saturated rings. The highest BCUT2D eigenvalue weighted by atomic mass is 32.1. The second-order valence-corrected chi connectivity index (χ2v) is 16.1. The van der Waals surface area contributed by atoms with E-state index in [1.54, 1.807) is 0 Å². The van der Waals surface area contributed by atoms with Crippen molar-refractivity contribution in [2.45, 2.75) is 0 Å². The molecule has 0 bridgehead atoms. The van der Waals surface area contributed by atoms with E-state index in [1.807, 2.05) is 22.7 Å². The largest absolute Gasteiger partial charge is 0.308 e. The molecular weight excluding hydrogens is 703 g/mol. The molecule has 258 valence electrons. The number of para-hydroxylation sites is 2. The third-order valence-corrected chi connectivity index (χ3v) is 13.2. The first-order chi connectivity index (χ1) is 27.3. The molecule has 0 saturated heterocycles. The molecule has 55 heavy (non-hydrogen) atoms. The van der Waals surface area contributed by atoms with E-state index >= 15 is 0 Å². The van der Waals surface area contributed by atoms with Gasteiger partial charge in [0.1, 0.15) is 0 Å². The van der Waals surface area contributed by atoms with Crippen molar-refractivity contribution in [3.05, 3.63) is 200 Å². The van der Waals surface area contributed by atoms with Gasteiger partial charge in [0.2, 0.25) is 0 Å². The van der Waals surface area contributed by atoms with Crippen LogP contribution in [0.4, 0.5) is 17.1 Å². The van der Waals surface area contributed by atoms with Crippen molar-refractivity contribution in [1.82, 2.24) is 0 Å². The molecule has 0 spiro atoms. The van der Waals surface area contributed by atoms with E-state index in [0.29, 0.717) is 0 Å². The average molecular weight is 736 g/mol. The smallest absolute Gasteiger partial charge is 0.0640 e. The highest BCUT2D eigenvalue weighted by molar-refractivity contribution is 7.26. The van der Waals surface area contributed by atoms with Crippen LogP contribution in [0.25, 0.3) is 84.5 Å². The van der Waals surface area contributed by atoms with Gasteiger partial charge < -0.3 is 4.90 Å². The first-order valence-electron chi connectivity index (χ1n) is 18.7. The molecule has 0 unspecified atom stereocenters. The molecule has 0 aliphatic heterocycles. The van der Waals surface area contributed by atoms with Crippen molar-refractivity contribution in [3.8, 4) is 33.4 Å². The Hall–Kier alpha value is -6.52. The predicted molar refractivity (Wildman–Crippen MR) is 241 cm³/mol. The quantitative estimate of drug-likeness (QED) is 0.164. The van der Waals surface area contributed by atoms with E-state index in [0.717, 1.165) is 11.4 Å². The van der Waals surface area contributed by atoms with Crippen molar-refractivity contribution >= 4 is 90.9 Å². The number of benzene rings is 9. The lowest BCUT2D eigenvalue weighted by molar-refractivity contribution is 1.30. The van der Waals surface area contributed by atoms with E-state index < -0.39 is 0 Å². The fourth-order valence-electron chi connectivity index (χ4n) is 8.51. The molecule has 0 aliphatic carbocycles. The van der Waals surface area contributed by atoms with Crippen molar-refractivity contribution in [2.24, 2.45) is 0 Å². The van der Waals surface area contributed by atoms with Gasteiger partial charge in [-0.05, 0) is 69.4 Å². The molecule has 0 aliphatic rings. The minimum Gasteiger partial charge on any atom is -0.308 e. The van der Waals surface area contributed by atoms with Crippen LogP contribution in [-0.4, -0.2) is 0 Å². The molecule has 0 radical (unpaired) electrons. The van der Waals surface area contributed by atoms with Gasteiger partial charge >= 0.3 is 0 Å². The number of fused-ring (bicyclic) bond motifs is 7. The highest BCUT2D eigenvalue weighted by Crippen LogP contribution is 2.51. The van der Waals surface area contributed by atoms with Crippen LogP contribution in [0, 0.1) is 0 Å². The van der Waals surface area contributed by atoms with Crippen molar-refractivity contribution in [3.63, 3.8) is 0 Å². The third kappa shape index (κ3) is 5.20. The van der Waals surface area contributed by atoms with Gasteiger partial charge in [-0.2, -0.15) is 0 Å². The number of anilines is 3. The molecule has 0 saturated carbocycles. The standard InChI is InChI=1S/C52H33NS2/c1-2-16-34(17-3-1)36-24-12-18-35-19-13-25-40(50(35)36)37-20-4-8-28-44(37)53(46-30-14-27-42-39-22-6-10-31-47(39)55-52(42)46)45-29-9-5-21-38(45)41-26-15-33-49-51(41)43-23-7-11-32-48(43)54-49/h1-33H. The lowest BCUT2D eigenvalue weighted by Gasteiger charge is -2.30. The lowest BCUT2D eigenvalue weighted by atomic mass is 9.90. The first kappa shape index (κ1) is 32.0. The van der Waals surface area contributed by atoms with Crippen LogP contribution in [0.3, 0.4) is 0 Å². The monoisotopic (exact) mass is 735 g/mol. The van der Waals surface area contributed by atoms with Crippen molar-refractivity contribution in [2.75, 3.05) is 4.90 Å². The maximum atomic E-state index is 2.54. The van der Waals surface area contributed by atoms with Crippen LogP contribution in [0.2, 0.25) is 0 Å². The second kappa shape index (κ2) is 13.1. The van der Waals surface area contributed by atoms with Gasteiger partial charge in [-0.1, -0.05) is 164 Å². The predicted octanol–water partition coefficient (Wildman–Crippen LogP) is 16.0. The number of rotatable bonds is 6. The Kier molecular flexibility index (Phi) is 7.61. The van der Waals surface area contributed by atoms with Crippen LogP contribution in [-0.2, 0) is 0 Å². The molecule has 2 heterocycles. The number of hydrogen-bond donors (Lipinski definition) is 0. The van der Waals surface area contributed by atoms with E-state index in [1.165, 1.54) is 90.2 Å². The summed E-state index contributed by atoms with van der Waals surface area (Å²) in [6, 6.07) is 73.5. The van der Waals surface area contributed by atoms with Gasteiger partial charge in [-0.15, -0.1) is 22.7 Å². The van der Waals surface area contributed by atoms with Crippen molar-refractivity contribution in [1.29, 1.82) is 0 Å². The summed E-state index contributed by atoms with van der Waals surface area (Å²) in [5.74, 6) is 0. The summed E-state index contributed by atoms with van der Waals surface area (Å²) >= 11 is 3.75. The normalized spacial score (nSPS) is 11.6. The molecule has 0 amide bonds. The zero-order chi connectivity index (χ0) is 36.3. The van der Waals surface area contributed by atoms with Gasteiger partial charge in [0.05, 0.1) is 21.8 Å². The van der Waals surface area contributed by atoms with Gasteiger partial charge in [0, 0.05) is 46.8 Å². The summed E-state index contributed by atoms with van der Waals surface area (Å²) in [5, 5.41) is 7.67. The second-order valence-electron chi connectivity index (χ2n) is 14.0. The van der Waals surface area contributed by atoms with Crippen LogP contribution >= 0.6 is 22.7 Å². The maximum absolute atomic E-state index is 2.54. The van der Waals surface area contributed by atoms with Gasteiger partial charge in [-0.25, -0.2) is 0 Å². The molecule has 0 atom stereocenters. The molecule has 11 rings (SSSR count).